The van der Waals surface area contributed by atoms with Crippen LogP contribution in [0.15, 0.2) is 12.1 Å². The second-order valence-electron chi connectivity index (χ2n) is 2.46. The monoisotopic (exact) mass is 168 g/mol. The Labute approximate surface area is 70.8 Å². The van der Waals surface area contributed by atoms with Crippen LogP contribution in [-0.2, 0) is 0 Å². The summed E-state index contributed by atoms with van der Waals surface area (Å²) in [5.41, 5.74) is 5.36. The normalized spacial score (nSPS) is 9.83. The Bertz CT molecular complexity index is 236. The third-order valence-electron chi connectivity index (χ3n) is 1.50. The Balaban J connectivity index is 2.68. The zero-order chi connectivity index (χ0) is 8.97. The fraction of sp³-hybridized carbons (Fsp3) is 0.429. The number of nitrogen functional groups attached to an aromatic ring is 1. The van der Waals surface area contributed by atoms with E-state index in [-0.39, 0.29) is 6.61 Å². The van der Waals surface area contributed by atoms with Crippen molar-refractivity contribution < 1.29 is 5.11 Å². The fourth-order valence-electron chi connectivity index (χ4n) is 0.804. The van der Waals surface area contributed by atoms with Crippen molar-refractivity contribution in [1.29, 1.82) is 0 Å². The molecule has 0 aromatic carbocycles. The Morgan fingerprint density at radius 1 is 1.50 bits per heavy atom. The maximum Gasteiger partial charge on any atom is 0.151 e. The molecule has 5 heteroatoms. The third-order valence-corrected chi connectivity index (χ3v) is 1.50. The first-order valence-electron chi connectivity index (χ1n) is 3.65. The van der Waals surface area contributed by atoms with Crippen LogP contribution in [0.1, 0.15) is 0 Å². The summed E-state index contributed by atoms with van der Waals surface area (Å²) in [5, 5.41) is 16.2. The van der Waals surface area contributed by atoms with Crippen LogP contribution in [-0.4, -0.2) is 35.5 Å². The van der Waals surface area contributed by atoms with Crippen LogP contribution in [0.3, 0.4) is 0 Å². The van der Waals surface area contributed by atoms with E-state index in [2.05, 4.69) is 10.2 Å². The summed E-state index contributed by atoms with van der Waals surface area (Å²) in [7, 11) is 1.83. The van der Waals surface area contributed by atoms with E-state index >= 15 is 0 Å². The first-order chi connectivity index (χ1) is 5.74. The molecule has 0 amide bonds. The maximum absolute atomic E-state index is 8.64. The Morgan fingerprint density at radius 2 is 2.25 bits per heavy atom. The summed E-state index contributed by atoms with van der Waals surface area (Å²) in [4.78, 5) is 1.80. The first-order valence-corrected chi connectivity index (χ1v) is 3.65. The van der Waals surface area contributed by atoms with E-state index < -0.39 is 0 Å². The van der Waals surface area contributed by atoms with Gasteiger partial charge >= 0.3 is 0 Å². The lowest BCUT2D eigenvalue weighted by atomic mass is 10.4. The molecular weight excluding hydrogens is 156 g/mol. The van der Waals surface area contributed by atoms with E-state index in [1.165, 1.54) is 0 Å². The van der Waals surface area contributed by atoms with Crippen molar-refractivity contribution in [3.8, 4) is 0 Å². The molecule has 3 N–H and O–H groups in total. The second kappa shape index (κ2) is 3.87. The lowest BCUT2D eigenvalue weighted by Gasteiger charge is -2.15. The van der Waals surface area contributed by atoms with Gasteiger partial charge in [0.25, 0.3) is 0 Å². The van der Waals surface area contributed by atoms with Crippen molar-refractivity contribution in [1.82, 2.24) is 10.2 Å². The van der Waals surface area contributed by atoms with Crippen molar-refractivity contribution in [3.05, 3.63) is 12.1 Å². The van der Waals surface area contributed by atoms with Crippen molar-refractivity contribution in [2.45, 2.75) is 0 Å². The van der Waals surface area contributed by atoms with E-state index in [0.717, 1.165) is 0 Å². The van der Waals surface area contributed by atoms with Crippen LogP contribution >= 0.6 is 0 Å². The van der Waals surface area contributed by atoms with Crippen LogP contribution in [0, 0.1) is 0 Å². The summed E-state index contributed by atoms with van der Waals surface area (Å²) < 4.78 is 0. The SMILES string of the molecule is CN(CCO)c1ccc(N)nn1. The summed E-state index contributed by atoms with van der Waals surface area (Å²) in [6.45, 7) is 0.640. The highest BCUT2D eigenvalue weighted by Gasteiger charge is 2.00. The van der Waals surface area contributed by atoms with Crippen molar-refractivity contribution in [3.63, 3.8) is 0 Å². The fourth-order valence-corrected chi connectivity index (χ4v) is 0.804. The van der Waals surface area contributed by atoms with Crippen LogP contribution in [0.5, 0.6) is 0 Å². The maximum atomic E-state index is 8.64. The molecule has 5 nitrogen and oxygen atoms in total. The summed E-state index contributed by atoms with van der Waals surface area (Å²) in [6, 6.07) is 3.44. The van der Waals surface area contributed by atoms with Crippen LogP contribution in [0.4, 0.5) is 11.6 Å². The smallest absolute Gasteiger partial charge is 0.151 e. The minimum absolute atomic E-state index is 0.0998. The van der Waals surface area contributed by atoms with Gasteiger partial charge in [-0.3, -0.25) is 0 Å². The molecule has 1 aromatic rings. The van der Waals surface area contributed by atoms with Gasteiger partial charge in [0.15, 0.2) is 5.82 Å². The quantitative estimate of drug-likeness (QED) is 0.635. The molecule has 1 aromatic heterocycles. The number of likely N-dealkylation sites (N-methyl/N-ethyl adjacent to an activating group) is 1. The third kappa shape index (κ3) is 2.06. The first kappa shape index (κ1) is 8.73. The van der Waals surface area contributed by atoms with E-state index in [0.29, 0.717) is 18.2 Å². The molecule has 0 aliphatic rings. The number of rotatable bonds is 3. The van der Waals surface area contributed by atoms with Gasteiger partial charge in [0.1, 0.15) is 5.82 Å². The van der Waals surface area contributed by atoms with Crippen LogP contribution in [0.2, 0.25) is 0 Å². The number of aliphatic hydroxyl groups is 1. The molecule has 0 unspecified atom stereocenters. The number of nitrogens with zero attached hydrogens (tertiary/aromatic N) is 3. The molecule has 12 heavy (non-hydrogen) atoms. The number of aliphatic hydroxyl groups excluding tert-OH is 1. The molecule has 0 aliphatic carbocycles. The van der Waals surface area contributed by atoms with Gasteiger partial charge in [0.05, 0.1) is 6.61 Å². The van der Waals surface area contributed by atoms with Gasteiger partial charge < -0.3 is 15.7 Å². The van der Waals surface area contributed by atoms with Gasteiger partial charge in [-0.2, -0.15) is 0 Å². The summed E-state index contributed by atoms with van der Waals surface area (Å²) in [5.74, 6) is 1.11. The highest BCUT2D eigenvalue weighted by Crippen LogP contribution is 2.06. The minimum atomic E-state index is 0.0998. The lowest BCUT2D eigenvalue weighted by Crippen LogP contribution is -2.22. The average molecular weight is 168 g/mol. The predicted molar refractivity (Wildman–Crippen MR) is 46.8 cm³/mol. The summed E-state index contributed by atoms with van der Waals surface area (Å²) >= 11 is 0. The van der Waals surface area contributed by atoms with Crippen LogP contribution < -0.4 is 10.6 Å². The van der Waals surface area contributed by atoms with E-state index in [1.807, 2.05) is 7.05 Å². The standard InChI is InChI=1S/C7H12N4O/c1-11(4-5-12)7-3-2-6(8)9-10-7/h2-3,12H,4-5H2,1H3,(H2,8,9). The number of nitrogens with two attached hydrogens (primary N) is 1. The lowest BCUT2D eigenvalue weighted by molar-refractivity contribution is 0.303. The molecule has 0 fully saturated rings. The van der Waals surface area contributed by atoms with Gasteiger partial charge in [0.2, 0.25) is 0 Å². The Hall–Kier alpha value is -1.36. The summed E-state index contributed by atoms with van der Waals surface area (Å²) in [6.07, 6.45) is 0. The van der Waals surface area contributed by atoms with Crippen LogP contribution in [0.25, 0.3) is 0 Å². The number of hydrogen-bond donors (Lipinski definition) is 2. The van der Waals surface area contributed by atoms with Gasteiger partial charge in [-0.15, -0.1) is 10.2 Å². The zero-order valence-electron chi connectivity index (χ0n) is 6.94. The van der Waals surface area contributed by atoms with Gasteiger partial charge in [-0.1, -0.05) is 0 Å². The zero-order valence-corrected chi connectivity index (χ0v) is 6.94. The molecule has 0 bridgehead atoms. The van der Waals surface area contributed by atoms with E-state index in [4.69, 9.17) is 10.8 Å². The highest BCUT2D eigenvalue weighted by atomic mass is 16.3. The van der Waals surface area contributed by atoms with Crippen molar-refractivity contribution in [2.24, 2.45) is 0 Å². The Morgan fingerprint density at radius 3 is 2.75 bits per heavy atom. The predicted octanol–water partition coefficient (Wildman–Crippen LogP) is -0.513. The molecule has 66 valence electrons. The molecule has 0 spiro atoms. The van der Waals surface area contributed by atoms with Gasteiger partial charge in [-0.05, 0) is 12.1 Å². The molecular formula is C7H12N4O. The number of hydrogen-bond acceptors (Lipinski definition) is 5. The molecule has 0 aliphatic heterocycles. The largest absolute Gasteiger partial charge is 0.395 e. The molecule has 1 rings (SSSR count). The molecule has 0 radical (unpaired) electrons. The van der Waals surface area contributed by atoms with Crippen molar-refractivity contribution in [2.75, 3.05) is 30.8 Å². The van der Waals surface area contributed by atoms with E-state index in [1.54, 1.807) is 17.0 Å². The van der Waals surface area contributed by atoms with Gasteiger partial charge in [-0.25, -0.2) is 0 Å². The molecule has 0 atom stereocenters. The molecule has 0 saturated heterocycles. The minimum Gasteiger partial charge on any atom is -0.395 e. The molecule has 1 heterocycles. The molecule has 0 saturated carbocycles. The topological polar surface area (TPSA) is 75.3 Å². The van der Waals surface area contributed by atoms with Gasteiger partial charge in [0, 0.05) is 13.6 Å². The van der Waals surface area contributed by atoms with E-state index in [9.17, 15) is 0 Å². The average Bonchev–Trinajstić information content (AvgIpc) is 2.06. The highest BCUT2D eigenvalue weighted by molar-refractivity contribution is 5.40. The number of aromatic nitrogens is 2. The Kier molecular flexibility index (Phi) is 2.82. The number of anilines is 2. The second-order valence-corrected chi connectivity index (χ2v) is 2.46. The van der Waals surface area contributed by atoms with Crippen molar-refractivity contribution >= 4 is 11.6 Å².